The third-order valence-electron chi connectivity index (χ3n) is 2.95. The van der Waals surface area contributed by atoms with Crippen LogP contribution in [0.3, 0.4) is 0 Å². The fourth-order valence-electron chi connectivity index (χ4n) is 2.20. The van der Waals surface area contributed by atoms with Gasteiger partial charge in [0, 0.05) is 23.7 Å². The van der Waals surface area contributed by atoms with Gasteiger partial charge in [0.2, 0.25) is 0 Å². The van der Waals surface area contributed by atoms with E-state index in [2.05, 4.69) is 44.9 Å². The van der Waals surface area contributed by atoms with Gasteiger partial charge in [-0.25, -0.2) is 0 Å². The van der Waals surface area contributed by atoms with E-state index in [0.717, 1.165) is 9.72 Å². The predicted molar refractivity (Wildman–Crippen MR) is 75.1 cm³/mol. The van der Waals surface area contributed by atoms with E-state index in [9.17, 15) is 0 Å². The lowest BCUT2D eigenvalue weighted by atomic mass is 10.2. The normalized spacial score (nSPS) is 24.6. The first-order valence-electron chi connectivity index (χ1n) is 5.79. The van der Waals surface area contributed by atoms with Gasteiger partial charge in [-0.2, -0.15) is 11.8 Å². The molecule has 2 nitrogen and oxygen atoms in total. The van der Waals surface area contributed by atoms with E-state index in [1.807, 2.05) is 18.5 Å². The summed E-state index contributed by atoms with van der Waals surface area (Å²) in [6.07, 6.45) is 7.66. The van der Waals surface area contributed by atoms with E-state index in [-0.39, 0.29) is 0 Å². The molecule has 1 saturated carbocycles. The lowest BCUT2D eigenvalue weighted by Gasteiger charge is -2.21. The molecule has 0 radical (unpaired) electrons. The van der Waals surface area contributed by atoms with Crippen molar-refractivity contribution in [1.82, 2.24) is 4.98 Å². The second kappa shape index (κ2) is 5.92. The Morgan fingerprint density at radius 2 is 2.44 bits per heavy atom. The highest BCUT2D eigenvalue weighted by Gasteiger charge is 2.27. The zero-order valence-corrected chi connectivity index (χ0v) is 11.9. The molecule has 4 heteroatoms. The van der Waals surface area contributed by atoms with Crippen molar-refractivity contribution in [2.75, 3.05) is 11.1 Å². The number of anilines is 1. The van der Waals surface area contributed by atoms with Gasteiger partial charge in [0.25, 0.3) is 0 Å². The predicted octanol–water partition coefficient (Wildman–Crippen LogP) is 3.93. The van der Waals surface area contributed by atoms with Gasteiger partial charge in [-0.15, -0.1) is 0 Å². The van der Waals surface area contributed by atoms with Crippen LogP contribution >= 0.6 is 27.7 Å². The molecule has 0 aromatic carbocycles. The van der Waals surface area contributed by atoms with Crippen LogP contribution in [-0.2, 0) is 0 Å². The zero-order valence-electron chi connectivity index (χ0n) is 9.45. The van der Waals surface area contributed by atoms with Gasteiger partial charge in [-0.1, -0.05) is 13.3 Å². The molecule has 0 aliphatic heterocycles. The summed E-state index contributed by atoms with van der Waals surface area (Å²) < 4.78 is 1.06. The SMILES string of the molecule is CCS[C@H]1CCC[C@@H]1Nc1ccncc1Br. The van der Waals surface area contributed by atoms with Crippen molar-refractivity contribution in [2.24, 2.45) is 0 Å². The average Bonchev–Trinajstić information content (AvgIpc) is 2.70. The Labute approximate surface area is 110 Å². The second-order valence-electron chi connectivity index (χ2n) is 4.03. The molecule has 16 heavy (non-hydrogen) atoms. The molecule has 0 unspecified atom stereocenters. The summed E-state index contributed by atoms with van der Waals surface area (Å²) in [6, 6.07) is 2.65. The van der Waals surface area contributed by atoms with Crippen molar-refractivity contribution >= 4 is 33.4 Å². The Morgan fingerprint density at radius 3 is 3.19 bits per heavy atom. The third kappa shape index (κ3) is 2.92. The summed E-state index contributed by atoms with van der Waals surface area (Å²) in [7, 11) is 0. The van der Waals surface area contributed by atoms with Crippen LogP contribution in [0.2, 0.25) is 0 Å². The van der Waals surface area contributed by atoms with Crippen molar-refractivity contribution in [3.05, 3.63) is 22.9 Å². The number of hydrogen-bond donors (Lipinski definition) is 1. The standard InChI is InChI=1S/C12H17BrN2S/c1-2-16-12-5-3-4-11(12)15-10-6-7-14-8-9(10)13/h6-8,11-12H,2-5H2,1H3,(H,14,15)/t11-,12-/m0/s1. The summed E-state index contributed by atoms with van der Waals surface area (Å²) in [5, 5.41) is 4.40. The Bertz CT molecular complexity index is 346. The van der Waals surface area contributed by atoms with E-state index in [1.165, 1.54) is 30.7 Å². The minimum absolute atomic E-state index is 0.614. The Kier molecular flexibility index (Phi) is 4.53. The molecular weight excluding hydrogens is 284 g/mol. The van der Waals surface area contributed by atoms with Crippen LogP contribution in [0.15, 0.2) is 22.9 Å². The number of halogens is 1. The van der Waals surface area contributed by atoms with Crippen molar-refractivity contribution in [3.63, 3.8) is 0 Å². The summed E-state index contributed by atoms with van der Waals surface area (Å²) in [4.78, 5) is 4.08. The monoisotopic (exact) mass is 300 g/mol. The van der Waals surface area contributed by atoms with Crippen LogP contribution in [0.1, 0.15) is 26.2 Å². The number of hydrogen-bond acceptors (Lipinski definition) is 3. The molecule has 1 aromatic rings. The van der Waals surface area contributed by atoms with Crippen LogP contribution < -0.4 is 5.32 Å². The molecule has 2 atom stereocenters. The fraction of sp³-hybridized carbons (Fsp3) is 0.583. The van der Waals surface area contributed by atoms with Gasteiger partial charge >= 0.3 is 0 Å². The fourth-order valence-corrected chi connectivity index (χ4v) is 3.76. The van der Waals surface area contributed by atoms with Crippen LogP contribution in [0.4, 0.5) is 5.69 Å². The average molecular weight is 301 g/mol. The highest BCUT2D eigenvalue weighted by atomic mass is 79.9. The van der Waals surface area contributed by atoms with Gasteiger partial charge < -0.3 is 5.32 Å². The number of nitrogens with one attached hydrogen (secondary N) is 1. The van der Waals surface area contributed by atoms with Gasteiger partial charge in [0.1, 0.15) is 0 Å². The number of pyridine rings is 1. The van der Waals surface area contributed by atoms with E-state index in [0.29, 0.717) is 6.04 Å². The first-order valence-corrected chi connectivity index (χ1v) is 7.63. The summed E-state index contributed by atoms with van der Waals surface area (Å²) in [5.74, 6) is 1.21. The lowest BCUT2D eigenvalue weighted by Crippen LogP contribution is -2.26. The van der Waals surface area contributed by atoms with Crippen molar-refractivity contribution in [1.29, 1.82) is 0 Å². The highest BCUT2D eigenvalue weighted by molar-refractivity contribution is 9.10. The largest absolute Gasteiger partial charge is 0.380 e. The molecule has 0 bridgehead atoms. The third-order valence-corrected chi connectivity index (χ3v) is 4.90. The summed E-state index contributed by atoms with van der Waals surface area (Å²) >= 11 is 5.61. The number of thioether (sulfide) groups is 1. The molecule has 0 spiro atoms. The second-order valence-corrected chi connectivity index (χ2v) is 6.40. The summed E-state index contributed by atoms with van der Waals surface area (Å²) in [5.41, 5.74) is 1.17. The maximum absolute atomic E-state index is 4.08. The summed E-state index contributed by atoms with van der Waals surface area (Å²) in [6.45, 7) is 2.24. The minimum atomic E-state index is 0.614. The molecule has 2 rings (SSSR count). The molecule has 88 valence electrons. The maximum atomic E-state index is 4.08. The smallest absolute Gasteiger partial charge is 0.0590 e. The molecule has 1 N–H and O–H groups in total. The van der Waals surface area contributed by atoms with Crippen molar-refractivity contribution in [2.45, 2.75) is 37.5 Å². The number of aromatic nitrogens is 1. The molecule has 0 saturated heterocycles. The lowest BCUT2D eigenvalue weighted by molar-refractivity contribution is 0.767. The maximum Gasteiger partial charge on any atom is 0.0590 e. The topological polar surface area (TPSA) is 24.9 Å². The van der Waals surface area contributed by atoms with Gasteiger partial charge in [-0.3, -0.25) is 4.98 Å². The molecule has 0 amide bonds. The molecule has 1 aromatic heterocycles. The first-order chi connectivity index (χ1) is 7.81. The van der Waals surface area contributed by atoms with Gasteiger partial charge in [-0.05, 0) is 40.6 Å². The number of rotatable bonds is 4. The molecule has 1 heterocycles. The van der Waals surface area contributed by atoms with Crippen LogP contribution in [0, 0.1) is 0 Å². The highest BCUT2D eigenvalue weighted by Crippen LogP contribution is 2.33. The van der Waals surface area contributed by atoms with Gasteiger partial charge in [0.15, 0.2) is 0 Å². The first kappa shape index (κ1) is 12.2. The Balaban J connectivity index is 2.01. The molecule has 1 aliphatic rings. The molecule has 1 aliphatic carbocycles. The van der Waals surface area contributed by atoms with Crippen molar-refractivity contribution < 1.29 is 0 Å². The Morgan fingerprint density at radius 1 is 1.56 bits per heavy atom. The van der Waals surface area contributed by atoms with Crippen LogP contribution in [0.5, 0.6) is 0 Å². The minimum Gasteiger partial charge on any atom is -0.380 e. The van der Waals surface area contributed by atoms with E-state index in [4.69, 9.17) is 0 Å². The van der Waals surface area contributed by atoms with E-state index >= 15 is 0 Å². The molecular formula is C12H17BrN2S. The number of nitrogens with zero attached hydrogens (tertiary/aromatic N) is 1. The van der Waals surface area contributed by atoms with Crippen molar-refractivity contribution in [3.8, 4) is 0 Å². The van der Waals surface area contributed by atoms with Gasteiger partial charge in [0.05, 0.1) is 10.2 Å². The van der Waals surface area contributed by atoms with E-state index in [1.54, 1.807) is 0 Å². The quantitative estimate of drug-likeness (QED) is 0.912. The Hall–Kier alpha value is -0.220. The molecule has 1 fully saturated rings. The zero-order chi connectivity index (χ0) is 11.4. The van der Waals surface area contributed by atoms with E-state index < -0.39 is 0 Å². The van der Waals surface area contributed by atoms with Crippen LogP contribution in [0.25, 0.3) is 0 Å². The van der Waals surface area contributed by atoms with Crippen LogP contribution in [-0.4, -0.2) is 22.0 Å².